The lowest BCUT2D eigenvalue weighted by Crippen LogP contribution is -2.56. The Bertz CT molecular complexity index is 849. The van der Waals surface area contributed by atoms with Gasteiger partial charge in [-0.1, -0.05) is 46.2 Å². The van der Waals surface area contributed by atoms with Crippen LogP contribution in [0.15, 0.2) is 24.3 Å². The lowest BCUT2D eigenvalue weighted by atomic mass is 9.43. The highest BCUT2D eigenvalue weighted by Crippen LogP contribution is 2.68. The molecule has 34 heavy (non-hydrogen) atoms. The van der Waals surface area contributed by atoms with Crippen molar-refractivity contribution in [3.8, 4) is 5.75 Å². The predicted octanol–water partition coefficient (Wildman–Crippen LogP) is 7.83. The van der Waals surface area contributed by atoms with E-state index < -0.39 is 0 Å². The van der Waals surface area contributed by atoms with E-state index in [1.165, 1.54) is 51.4 Å². The topological polar surface area (TPSA) is 35.5 Å². The van der Waals surface area contributed by atoms with Crippen LogP contribution in [-0.2, 0) is 4.74 Å². The summed E-state index contributed by atoms with van der Waals surface area (Å²) in [6, 6.07) is 7.82. The van der Waals surface area contributed by atoms with Gasteiger partial charge in [-0.3, -0.25) is 4.79 Å². The third kappa shape index (κ3) is 4.04. The number of para-hydroxylation sites is 1. The summed E-state index contributed by atoms with van der Waals surface area (Å²) in [6.07, 6.45) is 11.6. The van der Waals surface area contributed by atoms with Crippen molar-refractivity contribution in [2.75, 3.05) is 20.8 Å². The number of hydrogen-bond acceptors (Lipinski definition) is 3. The Morgan fingerprint density at radius 3 is 2.47 bits per heavy atom. The van der Waals surface area contributed by atoms with Gasteiger partial charge in [-0.25, -0.2) is 0 Å². The highest BCUT2D eigenvalue weighted by atomic mass is 16.5. The molecule has 1 aromatic rings. The van der Waals surface area contributed by atoms with Crippen LogP contribution in [0.4, 0.5) is 0 Å². The van der Waals surface area contributed by atoms with Gasteiger partial charge >= 0.3 is 0 Å². The Morgan fingerprint density at radius 2 is 1.74 bits per heavy atom. The largest absolute Gasteiger partial charge is 0.496 e. The molecule has 8 atom stereocenters. The molecule has 0 spiro atoms. The van der Waals surface area contributed by atoms with E-state index >= 15 is 0 Å². The summed E-state index contributed by atoms with van der Waals surface area (Å²) in [7, 11) is 3.59. The molecule has 4 aliphatic rings. The van der Waals surface area contributed by atoms with Crippen molar-refractivity contribution in [1.82, 2.24) is 0 Å². The second-order valence-corrected chi connectivity index (χ2v) is 11.9. The smallest absolute Gasteiger partial charge is 0.170 e. The minimum absolute atomic E-state index is 0.127. The first kappa shape index (κ1) is 25.7. The number of fused-ring (bicyclic) bond motifs is 5. The molecule has 0 bridgehead atoms. The van der Waals surface area contributed by atoms with Crippen LogP contribution < -0.4 is 4.74 Å². The van der Waals surface area contributed by atoms with E-state index in [0.717, 1.165) is 48.0 Å². The Kier molecular flexibility index (Phi) is 7.82. The quantitative estimate of drug-likeness (QED) is 0.413. The molecular weight excluding hydrogens is 420 g/mol. The Hall–Kier alpha value is -1.35. The zero-order valence-electron chi connectivity index (χ0n) is 22.6. The van der Waals surface area contributed by atoms with E-state index in [-0.39, 0.29) is 11.3 Å². The molecule has 0 aromatic heterocycles. The summed E-state index contributed by atoms with van der Waals surface area (Å²) in [5.41, 5.74) is 1.29. The fourth-order valence-corrected chi connectivity index (χ4v) is 9.28. The minimum Gasteiger partial charge on any atom is -0.496 e. The van der Waals surface area contributed by atoms with E-state index in [9.17, 15) is 4.79 Å². The number of Topliss-reactive ketones (excluding diaryl/α,β-unsaturated/α-hetero) is 1. The second kappa shape index (κ2) is 10.3. The van der Waals surface area contributed by atoms with Gasteiger partial charge in [0.25, 0.3) is 0 Å². The molecule has 3 heteroatoms. The van der Waals surface area contributed by atoms with E-state index in [1.54, 1.807) is 7.11 Å². The fourth-order valence-electron chi connectivity index (χ4n) is 9.28. The van der Waals surface area contributed by atoms with Crippen molar-refractivity contribution in [3.05, 3.63) is 29.8 Å². The van der Waals surface area contributed by atoms with Crippen molar-refractivity contribution in [1.29, 1.82) is 0 Å². The molecule has 8 unspecified atom stereocenters. The number of hydrogen-bond donors (Lipinski definition) is 0. The van der Waals surface area contributed by atoms with E-state index in [0.29, 0.717) is 17.1 Å². The van der Waals surface area contributed by atoms with E-state index in [4.69, 9.17) is 9.47 Å². The number of ether oxygens (including phenoxy) is 2. The SMILES string of the molecule is CC.COCC12CCC(C)CC1CCC1C3CCC(C(=O)c4ccccc4OC)C3(C)CCC12. The van der Waals surface area contributed by atoms with Crippen molar-refractivity contribution in [2.45, 2.75) is 85.5 Å². The van der Waals surface area contributed by atoms with Crippen molar-refractivity contribution in [2.24, 2.45) is 46.3 Å². The number of methoxy groups -OCH3 is 2. The average Bonchev–Trinajstić information content (AvgIpc) is 3.22. The molecule has 5 rings (SSSR count). The zero-order valence-corrected chi connectivity index (χ0v) is 22.6. The zero-order chi connectivity index (χ0) is 24.5. The number of carbonyl (C=O) groups is 1. The van der Waals surface area contributed by atoms with Crippen molar-refractivity contribution in [3.63, 3.8) is 0 Å². The van der Waals surface area contributed by atoms with E-state index in [1.807, 2.05) is 45.2 Å². The van der Waals surface area contributed by atoms with Crippen LogP contribution in [0.3, 0.4) is 0 Å². The normalized spacial score (nSPS) is 40.8. The third-order valence-electron chi connectivity index (χ3n) is 10.7. The summed E-state index contributed by atoms with van der Waals surface area (Å²) in [6.45, 7) is 9.85. The summed E-state index contributed by atoms with van der Waals surface area (Å²) in [4.78, 5) is 13.8. The number of ketones is 1. The Labute approximate surface area is 208 Å². The molecule has 4 aliphatic carbocycles. The van der Waals surface area contributed by atoms with Gasteiger partial charge in [0.05, 0.1) is 19.3 Å². The maximum absolute atomic E-state index is 13.8. The van der Waals surface area contributed by atoms with Crippen LogP contribution in [0.2, 0.25) is 0 Å². The molecule has 0 saturated heterocycles. The van der Waals surface area contributed by atoms with E-state index in [2.05, 4.69) is 13.8 Å². The van der Waals surface area contributed by atoms with Crippen LogP contribution in [0.1, 0.15) is 95.8 Å². The molecule has 190 valence electrons. The Morgan fingerprint density at radius 1 is 0.971 bits per heavy atom. The summed E-state index contributed by atoms with van der Waals surface area (Å²) in [5, 5.41) is 0. The first-order valence-electron chi connectivity index (χ1n) is 14.1. The number of benzene rings is 1. The maximum Gasteiger partial charge on any atom is 0.170 e. The van der Waals surface area contributed by atoms with Gasteiger partial charge in [0.2, 0.25) is 0 Å². The first-order chi connectivity index (χ1) is 16.4. The van der Waals surface area contributed by atoms with Crippen LogP contribution in [0, 0.1) is 46.3 Å². The Balaban J connectivity index is 0.00000133. The van der Waals surface area contributed by atoms with Gasteiger partial charge in [-0.15, -0.1) is 0 Å². The minimum atomic E-state index is 0.127. The van der Waals surface area contributed by atoms with Gasteiger partial charge in [0, 0.05) is 13.0 Å². The molecule has 1 aromatic carbocycles. The molecule has 4 fully saturated rings. The lowest BCUT2D eigenvalue weighted by Gasteiger charge is -2.61. The summed E-state index contributed by atoms with van der Waals surface area (Å²) >= 11 is 0. The summed E-state index contributed by atoms with van der Waals surface area (Å²) < 4.78 is 11.5. The highest BCUT2D eigenvalue weighted by molar-refractivity contribution is 6.01. The summed E-state index contributed by atoms with van der Waals surface area (Å²) in [5.74, 6) is 5.11. The monoisotopic (exact) mass is 468 g/mol. The lowest BCUT2D eigenvalue weighted by molar-refractivity contribution is -0.148. The predicted molar refractivity (Wildman–Crippen MR) is 139 cm³/mol. The van der Waals surface area contributed by atoms with Gasteiger partial charge in [0.1, 0.15) is 5.75 Å². The number of rotatable bonds is 5. The van der Waals surface area contributed by atoms with Crippen LogP contribution >= 0.6 is 0 Å². The molecule has 0 radical (unpaired) electrons. The van der Waals surface area contributed by atoms with Crippen molar-refractivity contribution >= 4 is 5.78 Å². The molecule has 0 amide bonds. The van der Waals surface area contributed by atoms with Crippen LogP contribution in [0.5, 0.6) is 5.75 Å². The molecule has 0 aliphatic heterocycles. The fraction of sp³-hybridized carbons (Fsp3) is 0.774. The van der Waals surface area contributed by atoms with Crippen LogP contribution in [0.25, 0.3) is 0 Å². The van der Waals surface area contributed by atoms with Gasteiger partial charge in [0.15, 0.2) is 5.78 Å². The standard InChI is InChI=1S/C29H42O3.C2H6/c1-19-13-16-29(18-31-3)20(17-19)9-10-21-23-11-12-25(28(23,2)15-14-24(21)29)27(30)22-7-5-6-8-26(22)32-4;1-2/h5-8,19-21,23-25H,9-18H2,1-4H3;1-2H3. The maximum atomic E-state index is 13.8. The van der Waals surface area contributed by atoms with Crippen molar-refractivity contribution < 1.29 is 14.3 Å². The first-order valence-corrected chi connectivity index (χ1v) is 14.1. The molecular formula is C31H48O3. The van der Waals surface area contributed by atoms with Crippen LogP contribution in [-0.4, -0.2) is 26.6 Å². The molecule has 0 heterocycles. The van der Waals surface area contributed by atoms with Gasteiger partial charge < -0.3 is 9.47 Å². The molecule has 0 N–H and O–H groups in total. The second-order valence-electron chi connectivity index (χ2n) is 11.9. The third-order valence-corrected chi connectivity index (χ3v) is 10.7. The molecule has 4 saturated carbocycles. The van der Waals surface area contributed by atoms with Gasteiger partial charge in [-0.05, 0) is 104 Å². The average molecular weight is 469 g/mol. The van der Waals surface area contributed by atoms with Gasteiger partial charge in [-0.2, -0.15) is 0 Å². The molecule has 3 nitrogen and oxygen atoms in total. The highest BCUT2D eigenvalue weighted by Gasteiger charge is 2.62. The number of carbonyl (C=O) groups excluding carboxylic acids is 1.